The van der Waals surface area contributed by atoms with Crippen LogP contribution in [0.15, 0.2) is 36.8 Å². The molecule has 1 aliphatic carbocycles. The summed E-state index contributed by atoms with van der Waals surface area (Å²) in [7, 11) is 0. The highest BCUT2D eigenvalue weighted by Gasteiger charge is 2.32. The van der Waals surface area contributed by atoms with Gasteiger partial charge in [-0.1, -0.05) is 11.6 Å². The van der Waals surface area contributed by atoms with E-state index >= 15 is 0 Å². The number of fused-ring (bicyclic) bond motifs is 1. The number of halogens is 5. The maximum absolute atomic E-state index is 14.9. The summed E-state index contributed by atoms with van der Waals surface area (Å²) in [5.41, 5.74) is 1.05. The quantitative estimate of drug-likeness (QED) is 0.287. The Balaban J connectivity index is 1.40. The van der Waals surface area contributed by atoms with Crippen molar-refractivity contribution in [1.29, 1.82) is 0 Å². The number of nitrogens with zero attached hydrogens (tertiary/aromatic N) is 6. The van der Waals surface area contributed by atoms with E-state index in [9.17, 15) is 17.6 Å². The summed E-state index contributed by atoms with van der Waals surface area (Å²) < 4.78 is 61.9. The van der Waals surface area contributed by atoms with E-state index in [2.05, 4.69) is 25.0 Å². The Morgan fingerprint density at radius 1 is 1.08 bits per heavy atom. The van der Waals surface area contributed by atoms with Crippen molar-refractivity contribution in [3.8, 4) is 11.3 Å². The molecule has 4 heterocycles. The lowest BCUT2D eigenvalue weighted by Gasteiger charge is -2.28. The van der Waals surface area contributed by atoms with Gasteiger partial charge in [0.25, 0.3) is 0 Å². The Bertz CT molecular complexity index is 1470. The number of hydrogen-bond acceptors (Lipinski definition) is 6. The Morgan fingerprint density at radius 2 is 1.92 bits per heavy atom. The lowest BCUT2D eigenvalue weighted by atomic mass is 9.92. The Kier molecular flexibility index (Phi) is 6.07. The molecule has 6 rings (SSSR count). The molecule has 37 heavy (non-hydrogen) atoms. The van der Waals surface area contributed by atoms with Crippen LogP contribution in [-0.2, 0) is 11.2 Å². The van der Waals surface area contributed by atoms with Crippen LogP contribution in [0.3, 0.4) is 0 Å². The lowest BCUT2D eigenvalue weighted by Crippen LogP contribution is -2.21. The van der Waals surface area contributed by atoms with E-state index in [1.165, 1.54) is 12.1 Å². The van der Waals surface area contributed by atoms with Crippen molar-refractivity contribution in [3.63, 3.8) is 0 Å². The molecule has 0 N–H and O–H groups in total. The normalized spacial score (nSPS) is 20.5. The molecule has 2 fully saturated rings. The van der Waals surface area contributed by atoms with Gasteiger partial charge in [0.15, 0.2) is 5.65 Å². The van der Waals surface area contributed by atoms with Gasteiger partial charge in [0.1, 0.15) is 22.9 Å². The van der Waals surface area contributed by atoms with Gasteiger partial charge >= 0.3 is 6.18 Å². The average Bonchev–Trinajstić information content (AvgIpc) is 3.58. The highest BCUT2D eigenvalue weighted by atomic mass is 35.5. The van der Waals surface area contributed by atoms with Crippen molar-refractivity contribution < 1.29 is 22.3 Å². The van der Waals surface area contributed by atoms with Crippen molar-refractivity contribution in [2.75, 3.05) is 6.61 Å². The first-order valence-electron chi connectivity index (χ1n) is 11.9. The first-order valence-corrected chi connectivity index (χ1v) is 12.3. The minimum Gasteiger partial charge on any atom is -0.373 e. The van der Waals surface area contributed by atoms with Gasteiger partial charge in [-0.25, -0.2) is 24.3 Å². The highest BCUT2D eigenvalue weighted by molar-refractivity contribution is 6.30. The standard InChI is InChI=1S/C25H21ClF4N6O/c26-15-1-4-18(19(27)8-15)21-22-24(33-16(11-31-22)9-25(28,29)30)35-23(34-21)13-5-6-37-20(7-13)14-10-32-36(12-14)17-2-3-17/h1,4,8,10-13,17,20H,2-3,5-7,9H2/t13-,20+/m0/s1. The first kappa shape index (κ1) is 24.2. The minimum atomic E-state index is -4.46. The molecular weight excluding hydrogens is 512 g/mol. The van der Waals surface area contributed by atoms with E-state index < -0.39 is 18.4 Å². The van der Waals surface area contributed by atoms with Crippen LogP contribution in [0.4, 0.5) is 17.6 Å². The summed E-state index contributed by atoms with van der Waals surface area (Å²) in [6.07, 6.45) is 2.25. The van der Waals surface area contributed by atoms with Crippen molar-refractivity contribution >= 4 is 22.8 Å². The second-order valence-corrected chi connectivity index (χ2v) is 9.88. The molecule has 4 aromatic rings. The second-order valence-electron chi connectivity index (χ2n) is 9.45. The monoisotopic (exact) mass is 532 g/mol. The third kappa shape index (κ3) is 5.15. The van der Waals surface area contributed by atoms with Crippen LogP contribution >= 0.6 is 11.6 Å². The van der Waals surface area contributed by atoms with Crippen LogP contribution in [0, 0.1) is 5.82 Å². The molecule has 2 atom stereocenters. The zero-order valence-electron chi connectivity index (χ0n) is 19.4. The fraction of sp³-hybridized carbons (Fsp3) is 0.400. The molecule has 3 aromatic heterocycles. The summed E-state index contributed by atoms with van der Waals surface area (Å²) in [4.78, 5) is 17.5. The van der Waals surface area contributed by atoms with E-state index in [-0.39, 0.29) is 45.2 Å². The van der Waals surface area contributed by atoms with Crippen LogP contribution in [-0.4, -0.2) is 42.5 Å². The van der Waals surface area contributed by atoms with E-state index in [0.717, 1.165) is 30.7 Å². The number of rotatable bonds is 5. The van der Waals surface area contributed by atoms with Crippen molar-refractivity contribution in [2.45, 2.75) is 56.3 Å². The third-order valence-electron chi connectivity index (χ3n) is 6.61. The topological polar surface area (TPSA) is 78.6 Å². The summed E-state index contributed by atoms with van der Waals surface area (Å²) in [6.45, 7) is 0.440. The van der Waals surface area contributed by atoms with Crippen molar-refractivity contribution in [2.24, 2.45) is 0 Å². The number of ether oxygens (including phenoxy) is 1. The smallest absolute Gasteiger partial charge is 0.373 e. The van der Waals surface area contributed by atoms with Gasteiger partial charge in [-0.3, -0.25) is 4.68 Å². The fourth-order valence-electron chi connectivity index (χ4n) is 4.62. The van der Waals surface area contributed by atoms with E-state index in [0.29, 0.717) is 31.3 Å². The summed E-state index contributed by atoms with van der Waals surface area (Å²) in [5, 5.41) is 4.65. The molecule has 0 unspecified atom stereocenters. The number of benzene rings is 1. The minimum absolute atomic E-state index is 0.0132. The molecule has 192 valence electrons. The third-order valence-corrected chi connectivity index (χ3v) is 6.84. The van der Waals surface area contributed by atoms with Gasteiger partial charge < -0.3 is 4.74 Å². The largest absolute Gasteiger partial charge is 0.394 e. The van der Waals surface area contributed by atoms with Crippen LogP contribution < -0.4 is 0 Å². The Hall–Kier alpha value is -3.18. The van der Waals surface area contributed by atoms with Gasteiger partial charge in [0.05, 0.1) is 30.5 Å². The summed E-state index contributed by atoms with van der Waals surface area (Å²) in [5.74, 6) is -0.454. The van der Waals surface area contributed by atoms with Crippen LogP contribution in [0.2, 0.25) is 5.02 Å². The number of aromatic nitrogens is 6. The highest BCUT2D eigenvalue weighted by Crippen LogP contribution is 2.40. The molecule has 12 heteroatoms. The van der Waals surface area contributed by atoms with Crippen LogP contribution in [0.1, 0.15) is 60.8 Å². The maximum atomic E-state index is 14.9. The molecule has 0 radical (unpaired) electrons. The molecule has 1 aliphatic heterocycles. The van der Waals surface area contributed by atoms with Gasteiger partial charge in [-0.05, 0) is 43.9 Å². The SMILES string of the molecule is Fc1cc(Cl)ccc1-c1nc([C@H]2CCO[C@@H](c3cnn(C4CC4)c3)C2)nc2nc(CC(F)(F)F)cnc12. The van der Waals surface area contributed by atoms with Gasteiger partial charge in [-0.2, -0.15) is 18.3 Å². The van der Waals surface area contributed by atoms with Gasteiger partial charge in [-0.15, -0.1) is 0 Å². The zero-order valence-corrected chi connectivity index (χ0v) is 20.2. The molecule has 1 saturated carbocycles. The molecule has 0 spiro atoms. The molecule has 0 amide bonds. The molecule has 0 bridgehead atoms. The zero-order chi connectivity index (χ0) is 25.7. The summed E-state index contributed by atoms with van der Waals surface area (Å²) in [6, 6.07) is 4.57. The van der Waals surface area contributed by atoms with Crippen molar-refractivity contribution in [1.82, 2.24) is 29.7 Å². The second kappa shape index (κ2) is 9.29. The molecule has 7 nitrogen and oxygen atoms in total. The van der Waals surface area contributed by atoms with E-state index in [1.54, 1.807) is 6.20 Å². The van der Waals surface area contributed by atoms with E-state index in [1.807, 2.05) is 10.9 Å². The number of alkyl halides is 3. The van der Waals surface area contributed by atoms with Crippen LogP contribution in [0.5, 0.6) is 0 Å². The van der Waals surface area contributed by atoms with Gasteiger partial charge in [0.2, 0.25) is 0 Å². The predicted octanol–water partition coefficient (Wildman–Crippen LogP) is 6.15. The molecular formula is C25H21ClF4N6O. The molecule has 1 saturated heterocycles. The van der Waals surface area contributed by atoms with Crippen molar-refractivity contribution in [3.05, 3.63) is 64.7 Å². The predicted molar refractivity (Wildman–Crippen MR) is 126 cm³/mol. The number of hydrogen-bond donors (Lipinski definition) is 0. The maximum Gasteiger partial charge on any atom is 0.394 e. The average molecular weight is 533 g/mol. The fourth-order valence-corrected chi connectivity index (χ4v) is 4.78. The van der Waals surface area contributed by atoms with Gasteiger partial charge in [0, 0.05) is 41.1 Å². The first-order chi connectivity index (χ1) is 17.7. The Labute approximate surface area is 213 Å². The molecule has 2 aliphatic rings. The van der Waals surface area contributed by atoms with E-state index in [4.69, 9.17) is 16.3 Å². The Morgan fingerprint density at radius 3 is 2.68 bits per heavy atom. The lowest BCUT2D eigenvalue weighted by molar-refractivity contribution is -0.127. The molecule has 1 aromatic carbocycles. The van der Waals surface area contributed by atoms with Crippen LogP contribution in [0.25, 0.3) is 22.4 Å². The summed E-state index contributed by atoms with van der Waals surface area (Å²) >= 11 is 5.93.